The Morgan fingerprint density at radius 1 is 0.900 bits per heavy atom. The topological polar surface area (TPSA) is 47.6 Å². The molecule has 50 valence electrons. The molecule has 0 aliphatic rings. The van der Waals surface area contributed by atoms with Crippen LogP contribution in [0, 0.1) is 22.7 Å². The van der Waals surface area contributed by atoms with Crippen LogP contribution in [0.25, 0.3) is 0 Å². The molecule has 0 rings (SSSR count). The van der Waals surface area contributed by atoms with Gasteiger partial charge >= 0.3 is 0 Å². The molecule has 0 radical (unpaired) electrons. The molecule has 0 aromatic heterocycles. The van der Waals surface area contributed by atoms with Crippen LogP contribution in [0.1, 0.15) is 12.8 Å². The van der Waals surface area contributed by atoms with Crippen LogP contribution in [0.3, 0.4) is 0 Å². The minimum Gasteiger partial charge on any atom is -0.193 e. The Balaban J connectivity index is 3.25. The summed E-state index contributed by atoms with van der Waals surface area (Å²) in [5.74, 6) is 0. The van der Waals surface area contributed by atoms with E-state index < -0.39 is 0 Å². The van der Waals surface area contributed by atoms with E-state index >= 15 is 0 Å². The van der Waals surface area contributed by atoms with Gasteiger partial charge in [0.25, 0.3) is 0 Å². The van der Waals surface area contributed by atoms with Gasteiger partial charge in [-0.25, -0.2) is 0 Å². The van der Waals surface area contributed by atoms with E-state index in [1.165, 1.54) is 12.2 Å². The molecule has 2 heteroatoms. The zero-order valence-electron chi connectivity index (χ0n) is 5.62. The highest BCUT2D eigenvalue weighted by molar-refractivity contribution is 5.04. The summed E-state index contributed by atoms with van der Waals surface area (Å²) < 4.78 is 0. The van der Waals surface area contributed by atoms with E-state index in [1.807, 2.05) is 12.1 Å². The normalized spacial score (nSPS) is 9.80. The van der Waals surface area contributed by atoms with Gasteiger partial charge in [-0.3, -0.25) is 0 Å². The predicted octanol–water partition coefficient (Wildman–Crippen LogP) is 1.93. The fraction of sp³-hybridized carbons (Fsp3) is 0.250. The highest BCUT2D eigenvalue weighted by Crippen LogP contribution is 1.91. The van der Waals surface area contributed by atoms with Gasteiger partial charge in [0.15, 0.2) is 0 Å². The van der Waals surface area contributed by atoms with Crippen LogP contribution in [0.4, 0.5) is 0 Å². The van der Waals surface area contributed by atoms with Gasteiger partial charge in [0.1, 0.15) is 0 Å². The maximum Gasteiger partial charge on any atom is 0.0908 e. The zero-order chi connectivity index (χ0) is 7.66. The number of hydrogen-bond donors (Lipinski definition) is 0. The van der Waals surface area contributed by atoms with Crippen LogP contribution < -0.4 is 0 Å². The summed E-state index contributed by atoms with van der Waals surface area (Å²) in [6.07, 6.45) is 8.10. The summed E-state index contributed by atoms with van der Waals surface area (Å²) in [6.45, 7) is 0. The Morgan fingerprint density at radius 2 is 1.30 bits per heavy atom. The van der Waals surface area contributed by atoms with Crippen LogP contribution in [0.5, 0.6) is 0 Å². The van der Waals surface area contributed by atoms with Crippen molar-refractivity contribution in [2.45, 2.75) is 12.8 Å². The lowest BCUT2D eigenvalue weighted by Crippen LogP contribution is -1.62. The van der Waals surface area contributed by atoms with Crippen molar-refractivity contribution in [1.29, 1.82) is 10.5 Å². The number of rotatable bonds is 3. The van der Waals surface area contributed by atoms with E-state index in [0.29, 0.717) is 0 Å². The van der Waals surface area contributed by atoms with E-state index in [9.17, 15) is 0 Å². The van der Waals surface area contributed by atoms with E-state index in [4.69, 9.17) is 10.5 Å². The van der Waals surface area contributed by atoms with E-state index in [1.54, 1.807) is 12.2 Å². The van der Waals surface area contributed by atoms with Crippen LogP contribution in [-0.2, 0) is 0 Å². The number of nitriles is 2. The average molecular weight is 132 g/mol. The SMILES string of the molecule is N#C/C=C\CC/C=C\C#N. The Morgan fingerprint density at radius 3 is 1.60 bits per heavy atom. The third-order valence-corrected chi connectivity index (χ3v) is 0.885. The van der Waals surface area contributed by atoms with Crippen molar-refractivity contribution >= 4 is 0 Å². The maximum atomic E-state index is 8.06. The van der Waals surface area contributed by atoms with Crippen LogP contribution in [0.15, 0.2) is 24.3 Å². The van der Waals surface area contributed by atoms with Crippen LogP contribution in [-0.4, -0.2) is 0 Å². The van der Waals surface area contributed by atoms with Crippen molar-refractivity contribution in [3.05, 3.63) is 24.3 Å². The fourth-order valence-electron chi connectivity index (χ4n) is 0.465. The van der Waals surface area contributed by atoms with Gasteiger partial charge in [-0.1, -0.05) is 12.2 Å². The Bertz CT molecular complexity index is 176. The highest BCUT2D eigenvalue weighted by atomic mass is 14.2. The molecule has 0 aliphatic heterocycles. The lowest BCUT2D eigenvalue weighted by molar-refractivity contribution is 1.05. The first-order valence-corrected chi connectivity index (χ1v) is 3.01. The van der Waals surface area contributed by atoms with Gasteiger partial charge in [-0.2, -0.15) is 10.5 Å². The molecule has 0 bridgehead atoms. The molecule has 0 fully saturated rings. The third kappa shape index (κ3) is 6.46. The Hall–Kier alpha value is -1.54. The smallest absolute Gasteiger partial charge is 0.0908 e. The standard InChI is InChI=1S/C8H8N2/c9-7-5-3-1-2-4-6-8-10/h3-6H,1-2H2/b5-3-,6-4-. The van der Waals surface area contributed by atoms with Crippen molar-refractivity contribution in [1.82, 2.24) is 0 Å². The molecular weight excluding hydrogens is 124 g/mol. The molecule has 0 amide bonds. The highest BCUT2D eigenvalue weighted by Gasteiger charge is 1.73. The quantitative estimate of drug-likeness (QED) is 0.435. The number of nitrogens with zero attached hydrogens (tertiary/aromatic N) is 2. The third-order valence-electron chi connectivity index (χ3n) is 0.885. The minimum absolute atomic E-state index is 0.825. The van der Waals surface area contributed by atoms with Gasteiger partial charge in [0, 0.05) is 12.2 Å². The molecule has 10 heavy (non-hydrogen) atoms. The van der Waals surface area contributed by atoms with Crippen molar-refractivity contribution in [2.75, 3.05) is 0 Å². The number of allylic oxidation sites excluding steroid dienone is 4. The molecule has 0 spiro atoms. The number of unbranched alkanes of at least 4 members (excludes halogenated alkanes) is 1. The van der Waals surface area contributed by atoms with Crippen LogP contribution in [0.2, 0.25) is 0 Å². The lowest BCUT2D eigenvalue weighted by Gasteiger charge is -1.79. The molecule has 0 unspecified atom stereocenters. The predicted molar refractivity (Wildman–Crippen MR) is 38.7 cm³/mol. The molecule has 0 aromatic rings. The van der Waals surface area contributed by atoms with E-state index in [2.05, 4.69) is 0 Å². The molecule has 0 saturated carbocycles. The molecule has 2 nitrogen and oxygen atoms in total. The molecule has 0 atom stereocenters. The monoisotopic (exact) mass is 132 g/mol. The Labute approximate surface area is 60.7 Å². The zero-order valence-corrected chi connectivity index (χ0v) is 5.62. The van der Waals surface area contributed by atoms with Crippen LogP contribution >= 0.6 is 0 Å². The first-order valence-electron chi connectivity index (χ1n) is 3.01. The number of hydrogen-bond acceptors (Lipinski definition) is 2. The Kier molecular flexibility index (Phi) is 6.31. The molecule has 0 saturated heterocycles. The second kappa shape index (κ2) is 7.46. The summed E-state index contributed by atoms with van der Waals surface area (Å²) in [5.41, 5.74) is 0. The lowest BCUT2D eigenvalue weighted by atomic mass is 10.3. The first-order chi connectivity index (χ1) is 4.91. The molecule has 0 aliphatic carbocycles. The first kappa shape index (κ1) is 8.46. The minimum atomic E-state index is 0.825. The van der Waals surface area contributed by atoms with Gasteiger partial charge in [-0.15, -0.1) is 0 Å². The van der Waals surface area contributed by atoms with E-state index in [-0.39, 0.29) is 0 Å². The van der Waals surface area contributed by atoms with Gasteiger partial charge in [0.05, 0.1) is 12.1 Å². The van der Waals surface area contributed by atoms with Gasteiger partial charge < -0.3 is 0 Å². The fourth-order valence-corrected chi connectivity index (χ4v) is 0.465. The van der Waals surface area contributed by atoms with Crippen molar-refractivity contribution < 1.29 is 0 Å². The maximum absolute atomic E-state index is 8.06. The summed E-state index contributed by atoms with van der Waals surface area (Å²) in [7, 11) is 0. The second-order valence-corrected chi connectivity index (χ2v) is 1.64. The molecular formula is C8H8N2. The summed E-state index contributed by atoms with van der Waals surface area (Å²) in [6, 6.07) is 3.78. The molecule has 0 aromatic carbocycles. The summed E-state index contributed by atoms with van der Waals surface area (Å²) in [5, 5.41) is 16.1. The largest absolute Gasteiger partial charge is 0.193 e. The van der Waals surface area contributed by atoms with Crippen molar-refractivity contribution in [3.8, 4) is 12.1 Å². The second-order valence-electron chi connectivity index (χ2n) is 1.64. The van der Waals surface area contributed by atoms with E-state index in [0.717, 1.165) is 12.8 Å². The van der Waals surface area contributed by atoms with Gasteiger partial charge in [0.2, 0.25) is 0 Å². The van der Waals surface area contributed by atoms with Crippen molar-refractivity contribution in [2.24, 2.45) is 0 Å². The van der Waals surface area contributed by atoms with Crippen molar-refractivity contribution in [3.63, 3.8) is 0 Å². The summed E-state index contributed by atoms with van der Waals surface area (Å²) >= 11 is 0. The molecule has 0 N–H and O–H groups in total. The van der Waals surface area contributed by atoms with Gasteiger partial charge in [-0.05, 0) is 12.8 Å². The molecule has 0 heterocycles. The summed E-state index contributed by atoms with van der Waals surface area (Å²) in [4.78, 5) is 0. The average Bonchev–Trinajstić information content (AvgIpc) is 1.97.